The van der Waals surface area contributed by atoms with Gasteiger partial charge in [0.25, 0.3) is 5.91 Å². The molecule has 1 aromatic carbocycles. The molecule has 1 aliphatic heterocycles. The first-order valence-corrected chi connectivity index (χ1v) is 11.0. The quantitative estimate of drug-likeness (QED) is 0.828. The Hall–Kier alpha value is -2.07. The minimum Gasteiger partial charge on any atom is -0.450 e. The Morgan fingerprint density at radius 2 is 1.82 bits per heavy atom. The number of rotatable bonds is 6. The van der Waals surface area contributed by atoms with E-state index in [9.17, 15) is 4.79 Å². The van der Waals surface area contributed by atoms with Crippen molar-refractivity contribution < 1.29 is 14.1 Å². The Balaban J connectivity index is 1.48. The molecule has 0 radical (unpaired) electrons. The fourth-order valence-corrected chi connectivity index (χ4v) is 4.83. The summed E-state index contributed by atoms with van der Waals surface area (Å²) in [4.78, 5) is 16.1. The molecule has 1 atom stereocenters. The third-order valence-electron chi connectivity index (χ3n) is 6.36. The summed E-state index contributed by atoms with van der Waals surface area (Å²) in [5.41, 5.74) is 2.71. The molecule has 4 heteroatoms. The number of nitrogens with zero attached hydrogens (tertiary/aromatic N) is 1. The van der Waals surface area contributed by atoms with E-state index in [0.717, 1.165) is 44.8 Å². The van der Waals surface area contributed by atoms with Crippen LogP contribution in [-0.4, -0.2) is 29.9 Å². The van der Waals surface area contributed by atoms with Gasteiger partial charge in [0.05, 0.1) is 6.04 Å². The van der Waals surface area contributed by atoms with Crippen LogP contribution in [0.25, 0.3) is 0 Å². The molecule has 0 bridgehead atoms. The lowest BCUT2D eigenvalue weighted by Gasteiger charge is -2.31. The number of carbonyl (C=O) groups excluding carboxylic acids is 1. The molecular weight excluding hydrogens is 348 g/mol. The third-order valence-corrected chi connectivity index (χ3v) is 6.36. The van der Waals surface area contributed by atoms with Crippen LogP contribution in [0.2, 0.25) is 0 Å². The number of aryl methyl sites for hydroxylation is 1. The molecule has 4 nitrogen and oxygen atoms in total. The van der Waals surface area contributed by atoms with Gasteiger partial charge in [0, 0.05) is 18.7 Å². The summed E-state index contributed by atoms with van der Waals surface area (Å²) in [6.45, 7) is 5.75. The highest BCUT2D eigenvalue weighted by molar-refractivity contribution is 5.91. The molecule has 1 saturated carbocycles. The minimum atomic E-state index is 0.0571. The SMILES string of the molecule is Cc1cccc(C[NH+](Cc2ccc(C(=O)N3CCCC3)o2)C2CCCCC2)c1. The molecule has 2 fully saturated rings. The number of quaternary nitrogens is 1. The van der Waals surface area contributed by atoms with Gasteiger partial charge in [-0.15, -0.1) is 0 Å². The van der Waals surface area contributed by atoms with Gasteiger partial charge in [-0.05, 0) is 57.6 Å². The van der Waals surface area contributed by atoms with E-state index in [4.69, 9.17) is 4.42 Å². The van der Waals surface area contributed by atoms with Gasteiger partial charge in [-0.1, -0.05) is 36.2 Å². The van der Waals surface area contributed by atoms with Crippen molar-refractivity contribution in [3.8, 4) is 0 Å². The Morgan fingerprint density at radius 3 is 2.57 bits per heavy atom. The molecule has 28 heavy (non-hydrogen) atoms. The summed E-state index contributed by atoms with van der Waals surface area (Å²) in [5.74, 6) is 1.51. The van der Waals surface area contributed by atoms with Gasteiger partial charge in [0.1, 0.15) is 13.1 Å². The first kappa shape index (κ1) is 19.3. The highest BCUT2D eigenvalue weighted by atomic mass is 16.4. The van der Waals surface area contributed by atoms with Crippen molar-refractivity contribution in [1.29, 1.82) is 0 Å². The molecule has 1 N–H and O–H groups in total. The van der Waals surface area contributed by atoms with E-state index in [1.54, 1.807) is 4.90 Å². The smallest absolute Gasteiger partial charge is 0.289 e. The number of hydrogen-bond donors (Lipinski definition) is 1. The van der Waals surface area contributed by atoms with Crippen LogP contribution >= 0.6 is 0 Å². The highest BCUT2D eigenvalue weighted by Gasteiger charge is 2.27. The van der Waals surface area contributed by atoms with E-state index in [-0.39, 0.29) is 5.91 Å². The average Bonchev–Trinajstić information content (AvgIpc) is 3.40. The molecule has 1 aromatic heterocycles. The summed E-state index contributed by atoms with van der Waals surface area (Å²) in [5, 5.41) is 0. The van der Waals surface area contributed by atoms with Gasteiger partial charge in [-0.25, -0.2) is 0 Å². The highest BCUT2D eigenvalue weighted by Crippen LogP contribution is 2.18. The molecule has 2 aromatic rings. The zero-order valence-electron chi connectivity index (χ0n) is 17.1. The van der Waals surface area contributed by atoms with E-state index in [2.05, 4.69) is 31.2 Å². The van der Waals surface area contributed by atoms with Gasteiger partial charge >= 0.3 is 0 Å². The molecule has 0 spiro atoms. The van der Waals surface area contributed by atoms with Crippen molar-refractivity contribution in [3.05, 3.63) is 59.0 Å². The van der Waals surface area contributed by atoms with E-state index in [0.29, 0.717) is 11.8 Å². The summed E-state index contributed by atoms with van der Waals surface area (Å²) < 4.78 is 6.03. The molecule has 4 rings (SSSR count). The van der Waals surface area contributed by atoms with E-state index in [1.165, 1.54) is 43.2 Å². The summed E-state index contributed by atoms with van der Waals surface area (Å²) in [6.07, 6.45) is 8.83. The van der Waals surface area contributed by atoms with E-state index < -0.39 is 0 Å². The fraction of sp³-hybridized carbons (Fsp3) is 0.542. The molecule has 1 saturated heterocycles. The van der Waals surface area contributed by atoms with Gasteiger partial charge in [0.2, 0.25) is 0 Å². The third kappa shape index (κ3) is 4.67. The van der Waals surface area contributed by atoms with Gasteiger partial charge in [-0.2, -0.15) is 0 Å². The second-order valence-electron chi connectivity index (χ2n) is 8.60. The van der Waals surface area contributed by atoms with Crippen molar-refractivity contribution in [2.75, 3.05) is 13.1 Å². The molecular formula is C24H33N2O2+. The molecule has 1 unspecified atom stereocenters. The van der Waals surface area contributed by atoms with Gasteiger partial charge in [0.15, 0.2) is 11.5 Å². The maximum absolute atomic E-state index is 12.6. The van der Waals surface area contributed by atoms with Crippen LogP contribution in [0.4, 0.5) is 0 Å². The zero-order chi connectivity index (χ0) is 19.3. The minimum absolute atomic E-state index is 0.0571. The second kappa shape index (κ2) is 8.95. The molecule has 1 amide bonds. The number of furan rings is 1. The average molecular weight is 382 g/mol. The van der Waals surface area contributed by atoms with Crippen LogP contribution in [0.3, 0.4) is 0 Å². The number of nitrogens with one attached hydrogen (secondary N) is 1. The first-order valence-electron chi connectivity index (χ1n) is 11.0. The topological polar surface area (TPSA) is 37.9 Å². The monoisotopic (exact) mass is 381 g/mol. The van der Waals surface area contributed by atoms with Crippen molar-refractivity contribution in [3.63, 3.8) is 0 Å². The lowest BCUT2D eigenvalue weighted by atomic mass is 9.93. The lowest BCUT2D eigenvalue weighted by molar-refractivity contribution is -0.954. The fourth-order valence-electron chi connectivity index (χ4n) is 4.83. The molecule has 1 aliphatic carbocycles. The maximum atomic E-state index is 12.6. The number of amides is 1. The summed E-state index contributed by atoms with van der Waals surface area (Å²) >= 11 is 0. The first-order chi connectivity index (χ1) is 13.7. The van der Waals surface area contributed by atoms with Crippen LogP contribution in [0.15, 0.2) is 40.8 Å². The Bertz CT molecular complexity index is 785. The van der Waals surface area contributed by atoms with Gasteiger partial charge < -0.3 is 14.2 Å². The predicted molar refractivity (Wildman–Crippen MR) is 110 cm³/mol. The molecule has 150 valence electrons. The van der Waals surface area contributed by atoms with Crippen LogP contribution in [0, 0.1) is 6.92 Å². The van der Waals surface area contributed by atoms with Crippen LogP contribution in [-0.2, 0) is 13.1 Å². The van der Waals surface area contributed by atoms with Crippen LogP contribution in [0.5, 0.6) is 0 Å². The van der Waals surface area contributed by atoms with Gasteiger partial charge in [-0.3, -0.25) is 4.79 Å². The lowest BCUT2D eigenvalue weighted by Crippen LogP contribution is -3.13. The molecule has 2 aliphatic rings. The molecule has 2 heterocycles. The number of likely N-dealkylation sites (tertiary alicyclic amines) is 1. The Kier molecular flexibility index (Phi) is 6.16. The van der Waals surface area contributed by atoms with Crippen LogP contribution in [0.1, 0.15) is 72.4 Å². The van der Waals surface area contributed by atoms with Crippen molar-refractivity contribution in [1.82, 2.24) is 4.90 Å². The van der Waals surface area contributed by atoms with Crippen LogP contribution < -0.4 is 4.90 Å². The number of carbonyl (C=O) groups is 1. The summed E-state index contributed by atoms with van der Waals surface area (Å²) in [6, 6.07) is 13.4. The van der Waals surface area contributed by atoms with Crippen molar-refractivity contribution in [2.45, 2.75) is 71.0 Å². The maximum Gasteiger partial charge on any atom is 0.289 e. The van der Waals surface area contributed by atoms with E-state index in [1.807, 2.05) is 17.0 Å². The number of benzene rings is 1. The predicted octanol–water partition coefficient (Wildman–Crippen LogP) is 3.74. The second-order valence-corrected chi connectivity index (χ2v) is 8.60. The van der Waals surface area contributed by atoms with Crippen molar-refractivity contribution >= 4 is 5.91 Å². The zero-order valence-corrected chi connectivity index (χ0v) is 17.1. The van der Waals surface area contributed by atoms with E-state index >= 15 is 0 Å². The Labute approximate surface area is 168 Å². The number of hydrogen-bond acceptors (Lipinski definition) is 2. The van der Waals surface area contributed by atoms with Crippen molar-refractivity contribution in [2.24, 2.45) is 0 Å². The largest absolute Gasteiger partial charge is 0.450 e. The summed E-state index contributed by atoms with van der Waals surface area (Å²) in [7, 11) is 0. The normalized spacial score (nSPS) is 19.1. The Morgan fingerprint density at radius 1 is 1.04 bits per heavy atom. The standard InChI is InChI=1S/C24H32N2O2/c1-19-8-7-9-20(16-19)17-26(21-10-3-2-4-11-21)18-22-12-13-23(28-22)24(27)25-14-5-6-15-25/h7-9,12-13,16,21H,2-6,10-11,14-15,17-18H2,1H3/p+1.